The minimum Gasteiger partial charge on any atom is -0.349 e. The zero-order valence-corrected chi connectivity index (χ0v) is 12.0. The van der Waals surface area contributed by atoms with Gasteiger partial charge in [0.05, 0.1) is 5.69 Å². The van der Waals surface area contributed by atoms with Gasteiger partial charge in [-0.1, -0.05) is 24.6 Å². The molecule has 2 N–H and O–H groups in total. The number of hydrogen-bond acceptors (Lipinski definition) is 3. The van der Waals surface area contributed by atoms with Gasteiger partial charge in [0.2, 0.25) is 0 Å². The third-order valence-electron chi connectivity index (χ3n) is 2.73. The summed E-state index contributed by atoms with van der Waals surface area (Å²) >= 11 is 5.93. The van der Waals surface area contributed by atoms with Gasteiger partial charge in [-0.15, -0.1) is 0 Å². The van der Waals surface area contributed by atoms with Crippen LogP contribution in [0, 0.1) is 0 Å². The average Bonchev–Trinajstić information content (AvgIpc) is 2.93. The molecule has 0 atom stereocenters. The SMILES string of the molecule is CCNCCNC(=O)c1ccn(-c2cccc(Cl)c2)n1. The maximum atomic E-state index is 11.9. The van der Waals surface area contributed by atoms with Crippen LogP contribution in [-0.2, 0) is 0 Å². The molecule has 0 aliphatic rings. The van der Waals surface area contributed by atoms with Crippen molar-refractivity contribution in [1.29, 1.82) is 0 Å². The molecule has 0 aliphatic carbocycles. The van der Waals surface area contributed by atoms with Gasteiger partial charge in [0.15, 0.2) is 5.69 Å². The summed E-state index contributed by atoms with van der Waals surface area (Å²) in [5.74, 6) is -0.177. The molecule has 5 nitrogen and oxygen atoms in total. The van der Waals surface area contributed by atoms with Gasteiger partial charge >= 0.3 is 0 Å². The topological polar surface area (TPSA) is 58.9 Å². The number of likely N-dealkylation sites (N-methyl/N-ethyl adjacent to an activating group) is 1. The fourth-order valence-corrected chi connectivity index (χ4v) is 1.92. The number of carbonyl (C=O) groups excluding carboxylic acids is 1. The molecule has 1 aromatic carbocycles. The molecule has 20 heavy (non-hydrogen) atoms. The molecule has 0 saturated heterocycles. The molecule has 2 rings (SSSR count). The number of nitrogens with one attached hydrogen (secondary N) is 2. The van der Waals surface area contributed by atoms with Crippen molar-refractivity contribution in [3.63, 3.8) is 0 Å². The zero-order chi connectivity index (χ0) is 14.4. The van der Waals surface area contributed by atoms with Crippen LogP contribution in [0.5, 0.6) is 0 Å². The summed E-state index contributed by atoms with van der Waals surface area (Å²) in [6.07, 6.45) is 1.74. The van der Waals surface area contributed by atoms with Crippen molar-refractivity contribution in [1.82, 2.24) is 20.4 Å². The maximum absolute atomic E-state index is 11.9. The minimum atomic E-state index is -0.177. The molecule has 0 spiro atoms. The van der Waals surface area contributed by atoms with Crippen LogP contribution in [0.4, 0.5) is 0 Å². The lowest BCUT2D eigenvalue weighted by atomic mass is 10.3. The molecule has 6 heteroatoms. The van der Waals surface area contributed by atoms with Crippen LogP contribution in [0.1, 0.15) is 17.4 Å². The third-order valence-corrected chi connectivity index (χ3v) is 2.97. The molecule has 0 unspecified atom stereocenters. The summed E-state index contributed by atoms with van der Waals surface area (Å²) in [5.41, 5.74) is 1.21. The van der Waals surface area contributed by atoms with Gasteiger partial charge in [0, 0.05) is 24.3 Å². The van der Waals surface area contributed by atoms with Gasteiger partial charge in [0.25, 0.3) is 5.91 Å². The lowest BCUT2D eigenvalue weighted by Gasteiger charge is -2.04. The van der Waals surface area contributed by atoms with Gasteiger partial charge in [-0.2, -0.15) is 5.10 Å². The Labute approximate surface area is 122 Å². The Hall–Kier alpha value is -1.85. The first-order valence-corrected chi connectivity index (χ1v) is 6.89. The van der Waals surface area contributed by atoms with E-state index in [0.717, 1.165) is 18.8 Å². The highest BCUT2D eigenvalue weighted by molar-refractivity contribution is 6.30. The van der Waals surface area contributed by atoms with Crippen LogP contribution in [0.3, 0.4) is 0 Å². The average molecular weight is 293 g/mol. The Bertz CT molecular complexity index is 582. The maximum Gasteiger partial charge on any atom is 0.271 e. The minimum absolute atomic E-state index is 0.177. The van der Waals surface area contributed by atoms with E-state index < -0.39 is 0 Å². The highest BCUT2D eigenvalue weighted by Crippen LogP contribution is 2.14. The number of hydrogen-bond donors (Lipinski definition) is 2. The molecule has 1 amide bonds. The first kappa shape index (κ1) is 14.6. The van der Waals surface area contributed by atoms with Gasteiger partial charge in [-0.3, -0.25) is 4.79 Å². The molecule has 1 heterocycles. The van der Waals surface area contributed by atoms with Crippen molar-refractivity contribution in [3.05, 3.63) is 47.2 Å². The van der Waals surface area contributed by atoms with Crippen LogP contribution in [-0.4, -0.2) is 35.3 Å². The van der Waals surface area contributed by atoms with Gasteiger partial charge < -0.3 is 10.6 Å². The van der Waals surface area contributed by atoms with E-state index in [2.05, 4.69) is 15.7 Å². The second-order valence-corrected chi connectivity index (χ2v) is 4.67. The summed E-state index contributed by atoms with van der Waals surface area (Å²) in [4.78, 5) is 11.9. The third kappa shape index (κ3) is 3.82. The van der Waals surface area contributed by atoms with Crippen LogP contribution in [0.25, 0.3) is 5.69 Å². The summed E-state index contributed by atoms with van der Waals surface area (Å²) in [5, 5.41) is 10.8. The van der Waals surface area contributed by atoms with E-state index in [1.807, 2.05) is 19.1 Å². The standard InChI is InChI=1S/C14H17ClN4O/c1-2-16-7-8-17-14(20)13-6-9-19(18-13)12-5-3-4-11(15)10-12/h3-6,9-10,16H,2,7-8H2,1H3,(H,17,20). The molecular formula is C14H17ClN4O. The molecule has 0 aliphatic heterocycles. The Morgan fingerprint density at radius 2 is 2.20 bits per heavy atom. The fourth-order valence-electron chi connectivity index (χ4n) is 1.74. The van der Waals surface area contributed by atoms with Crippen molar-refractivity contribution in [2.45, 2.75) is 6.92 Å². The zero-order valence-electron chi connectivity index (χ0n) is 11.3. The van der Waals surface area contributed by atoms with Gasteiger partial charge in [-0.05, 0) is 30.8 Å². The van der Waals surface area contributed by atoms with E-state index in [9.17, 15) is 4.79 Å². The predicted molar refractivity (Wildman–Crippen MR) is 79.5 cm³/mol. The Balaban J connectivity index is 2.00. The highest BCUT2D eigenvalue weighted by atomic mass is 35.5. The Morgan fingerprint density at radius 1 is 1.35 bits per heavy atom. The van der Waals surface area contributed by atoms with E-state index in [4.69, 9.17) is 11.6 Å². The largest absolute Gasteiger partial charge is 0.349 e. The molecule has 106 valence electrons. The van der Waals surface area contributed by atoms with Crippen LogP contribution in [0.2, 0.25) is 5.02 Å². The summed E-state index contributed by atoms with van der Waals surface area (Å²) in [6.45, 7) is 4.24. The monoisotopic (exact) mass is 292 g/mol. The van der Waals surface area contributed by atoms with Crippen molar-refractivity contribution >= 4 is 17.5 Å². The Kier molecular flexibility index (Phi) is 5.15. The molecule has 0 bridgehead atoms. The van der Waals surface area contributed by atoms with Crippen molar-refractivity contribution in [2.75, 3.05) is 19.6 Å². The number of benzene rings is 1. The van der Waals surface area contributed by atoms with Gasteiger partial charge in [-0.25, -0.2) is 4.68 Å². The second kappa shape index (κ2) is 7.07. The lowest BCUT2D eigenvalue weighted by molar-refractivity contribution is 0.0948. The molecule has 1 aromatic heterocycles. The number of amides is 1. The highest BCUT2D eigenvalue weighted by Gasteiger charge is 2.09. The lowest BCUT2D eigenvalue weighted by Crippen LogP contribution is -2.32. The van der Waals surface area contributed by atoms with E-state index in [0.29, 0.717) is 17.3 Å². The summed E-state index contributed by atoms with van der Waals surface area (Å²) in [6, 6.07) is 9.00. The number of halogens is 1. The number of aromatic nitrogens is 2. The predicted octanol–water partition coefficient (Wildman–Crippen LogP) is 1.86. The first-order valence-electron chi connectivity index (χ1n) is 6.51. The summed E-state index contributed by atoms with van der Waals surface area (Å²) in [7, 11) is 0. The number of rotatable bonds is 6. The first-order chi connectivity index (χ1) is 9.70. The van der Waals surface area contributed by atoms with Crippen LogP contribution < -0.4 is 10.6 Å². The van der Waals surface area contributed by atoms with Crippen molar-refractivity contribution < 1.29 is 4.79 Å². The van der Waals surface area contributed by atoms with Gasteiger partial charge in [0.1, 0.15) is 0 Å². The number of carbonyl (C=O) groups is 1. The molecule has 0 fully saturated rings. The van der Waals surface area contributed by atoms with Crippen molar-refractivity contribution in [2.24, 2.45) is 0 Å². The van der Waals surface area contributed by atoms with E-state index in [1.54, 1.807) is 29.1 Å². The van der Waals surface area contributed by atoms with E-state index >= 15 is 0 Å². The van der Waals surface area contributed by atoms with Crippen LogP contribution >= 0.6 is 11.6 Å². The van der Waals surface area contributed by atoms with Crippen molar-refractivity contribution in [3.8, 4) is 5.69 Å². The Morgan fingerprint density at radius 3 is 2.95 bits per heavy atom. The smallest absolute Gasteiger partial charge is 0.271 e. The quantitative estimate of drug-likeness (QED) is 0.799. The molecular weight excluding hydrogens is 276 g/mol. The fraction of sp³-hybridized carbons (Fsp3) is 0.286. The van der Waals surface area contributed by atoms with E-state index in [-0.39, 0.29) is 5.91 Å². The van der Waals surface area contributed by atoms with Crippen LogP contribution in [0.15, 0.2) is 36.5 Å². The molecule has 0 radical (unpaired) electrons. The number of nitrogens with zero attached hydrogens (tertiary/aromatic N) is 2. The molecule has 2 aromatic rings. The second-order valence-electron chi connectivity index (χ2n) is 4.23. The normalized spacial score (nSPS) is 10.5. The summed E-state index contributed by atoms with van der Waals surface area (Å²) < 4.78 is 1.63. The molecule has 0 saturated carbocycles. The van der Waals surface area contributed by atoms with E-state index in [1.165, 1.54) is 0 Å².